The molecular formula is C14H19ClN2OS. The fourth-order valence-corrected chi connectivity index (χ4v) is 3.61. The van der Waals surface area contributed by atoms with Gasteiger partial charge in [0.1, 0.15) is 0 Å². The van der Waals surface area contributed by atoms with Crippen molar-refractivity contribution in [2.75, 3.05) is 16.8 Å². The molecule has 0 radical (unpaired) electrons. The SMILES string of the molecule is Nc1ccc(NC(=O)CSC2CCCCC2)c(Cl)c1. The highest BCUT2D eigenvalue weighted by molar-refractivity contribution is 8.00. The number of benzene rings is 1. The van der Waals surface area contributed by atoms with Crippen molar-refractivity contribution in [1.29, 1.82) is 0 Å². The minimum absolute atomic E-state index is 0.00208. The minimum atomic E-state index is 0.00208. The van der Waals surface area contributed by atoms with E-state index in [1.165, 1.54) is 32.1 Å². The molecule has 104 valence electrons. The van der Waals surface area contributed by atoms with Crippen molar-refractivity contribution >= 4 is 40.6 Å². The third-order valence-corrected chi connectivity index (χ3v) is 4.95. The van der Waals surface area contributed by atoms with Crippen LogP contribution in [0.15, 0.2) is 18.2 Å². The van der Waals surface area contributed by atoms with Crippen LogP contribution in [0.4, 0.5) is 11.4 Å². The Labute approximate surface area is 123 Å². The lowest BCUT2D eigenvalue weighted by atomic mass is 10.0. The van der Waals surface area contributed by atoms with E-state index >= 15 is 0 Å². The Kier molecular flexibility index (Phi) is 5.40. The van der Waals surface area contributed by atoms with E-state index in [1.54, 1.807) is 30.0 Å². The maximum absolute atomic E-state index is 11.9. The molecule has 3 N–H and O–H groups in total. The molecule has 0 aromatic heterocycles. The van der Waals surface area contributed by atoms with Crippen LogP contribution in [0.5, 0.6) is 0 Å². The van der Waals surface area contributed by atoms with Crippen molar-refractivity contribution < 1.29 is 4.79 Å². The molecule has 1 amide bonds. The number of thioether (sulfide) groups is 1. The van der Waals surface area contributed by atoms with Crippen molar-refractivity contribution in [2.45, 2.75) is 37.4 Å². The molecule has 1 fully saturated rings. The summed E-state index contributed by atoms with van der Waals surface area (Å²) in [6, 6.07) is 5.11. The molecule has 0 bridgehead atoms. The average molecular weight is 299 g/mol. The molecule has 3 nitrogen and oxygen atoms in total. The van der Waals surface area contributed by atoms with Crippen LogP contribution in [0.3, 0.4) is 0 Å². The number of rotatable bonds is 4. The first-order valence-corrected chi connectivity index (χ1v) is 8.04. The Morgan fingerprint density at radius 3 is 2.79 bits per heavy atom. The summed E-state index contributed by atoms with van der Waals surface area (Å²) in [7, 11) is 0. The quantitative estimate of drug-likeness (QED) is 0.828. The number of nitrogens with two attached hydrogens (primary N) is 1. The number of anilines is 2. The summed E-state index contributed by atoms with van der Waals surface area (Å²) in [6.07, 6.45) is 6.40. The number of hydrogen-bond acceptors (Lipinski definition) is 3. The standard InChI is InChI=1S/C14H19ClN2OS/c15-12-8-10(16)6-7-13(12)17-14(18)9-19-11-4-2-1-3-5-11/h6-8,11H,1-5,9,16H2,(H,17,18). The number of nitrogen functional groups attached to an aromatic ring is 1. The highest BCUT2D eigenvalue weighted by Crippen LogP contribution is 2.29. The average Bonchev–Trinajstić information content (AvgIpc) is 2.41. The van der Waals surface area contributed by atoms with Crippen molar-refractivity contribution in [1.82, 2.24) is 0 Å². The first-order chi connectivity index (χ1) is 9.15. The van der Waals surface area contributed by atoms with Gasteiger partial charge in [0.25, 0.3) is 0 Å². The van der Waals surface area contributed by atoms with Gasteiger partial charge in [-0.3, -0.25) is 4.79 Å². The van der Waals surface area contributed by atoms with E-state index in [9.17, 15) is 4.79 Å². The van der Waals surface area contributed by atoms with Gasteiger partial charge in [-0.1, -0.05) is 30.9 Å². The number of amides is 1. The van der Waals surface area contributed by atoms with Gasteiger partial charge in [-0.15, -0.1) is 11.8 Å². The van der Waals surface area contributed by atoms with E-state index in [4.69, 9.17) is 17.3 Å². The summed E-state index contributed by atoms with van der Waals surface area (Å²) in [5.74, 6) is 0.494. The molecule has 19 heavy (non-hydrogen) atoms. The minimum Gasteiger partial charge on any atom is -0.399 e. The molecule has 0 atom stereocenters. The Hall–Kier alpha value is -0.870. The number of halogens is 1. The van der Waals surface area contributed by atoms with E-state index in [2.05, 4.69) is 5.32 Å². The third-order valence-electron chi connectivity index (χ3n) is 3.27. The molecule has 1 aliphatic carbocycles. The van der Waals surface area contributed by atoms with Gasteiger partial charge in [0, 0.05) is 10.9 Å². The lowest BCUT2D eigenvalue weighted by molar-refractivity contribution is -0.113. The highest BCUT2D eigenvalue weighted by Gasteiger charge is 2.15. The second-order valence-electron chi connectivity index (χ2n) is 4.86. The third kappa shape index (κ3) is 4.62. The zero-order chi connectivity index (χ0) is 13.7. The largest absolute Gasteiger partial charge is 0.399 e. The van der Waals surface area contributed by atoms with E-state index < -0.39 is 0 Å². The number of carbonyl (C=O) groups excluding carboxylic acids is 1. The maximum atomic E-state index is 11.9. The molecule has 0 spiro atoms. The maximum Gasteiger partial charge on any atom is 0.234 e. The van der Waals surface area contributed by atoms with Gasteiger partial charge in [-0.25, -0.2) is 0 Å². The zero-order valence-corrected chi connectivity index (χ0v) is 12.4. The summed E-state index contributed by atoms with van der Waals surface area (Å²) in [5, 5.41) is 3.95. The van der Waals surface area contributed by atoms with Crippen molar-refractivity contribution in [3.63, 3.8) is 0 Å². The van der Waals surface area contributed by atoms with E-state index in [-0.39, 0.29) is 5.91 Å². The normalized spacial score (nSPS) is 16.3. The Bertz CT molecular complexity index is 447. The number of nitrogens with one attached hydrogen (secondary N) is 1. The van der Waals surface area contributed by atoms with Gasteiger partial charge >= 0.3 is 0 Å². The number of carbonyl (C=O) groups is 1. The van der Waals surface area contributed by atoms with Crippen LogP contribution in [-0.2, 0) is 4.79 Å². The molecular weight excluding hydrogens is 280 g/mol. The highest BCUT2D eigenvalue weighted by atomic mass is 35.5. The molecule has 5 heteroatoms. The fraction of sp³-hybridized carbons (Fsp3) is 0.500. The van der Waals surface area contributed by atoms with Crippen molar-refractivity contribution in [3.05, 3.63) is 23.2 Å². The van der Waals surface area contributed by atoms with E-state index in [0.717, 1.165) is 0 Å². The first-order valence-electron chi connectivity index (χ1n) is 6.61. The van der Waals surface area contributed by atoms with Gasteiger partial charge in [-0.2, -0.15) is 0 Å². The van der Waals surface area contributed by atoms with Crippen molar-refractivity contribution in [3.8, 4) is 0 Å². The van der Waals surface area contributed by atoms with Crippen molar-refractivity contribution in [2.24, 2.45) is 0 Å². The summed E-state index contributed by atoms with van der Waals surface area (Å²) in [4.78, 5) is 11.9. The Morgan fingerprint density at radius 2 is 2.11 bits per heavy atom. The van der Waals surface area contributed by atoms with Gasteiger partial charge < -0.3 is 11.1 Å². The second kappa shape index (κ2) is 7.06. The molecule has 0 unspecified atom stereocenters. The van der Waals surface area contributed by atoms with Crippen LogP contribution in [0.1, 0.15) is 32.1 Å². The smallest absolute Gasteiger partial charge is 0.234 e. The van der Waals surface area contributed by atoms with E-state index in [1.807, 2.05) is 0 Å². The molecule has 1 saturated carbocycles. The fourth-order valence-electron chi connectivity index (χ4n) is 2.24. The molecule has 0 saturated heterocycles. The summed E-state index contributed by atoms with van der Waals surface area (Å²) < 4.78 is 0. The predicted molar refractivity (Wildman–Crippen MR) is 83.8 cm³/mol. The van der Waals surface area contributed by atoms with Crippen LogP contribution in [-0.4, -0.2) is 16.9 Å². The van der Waals surface area contributed by atoms with Crippen LogP contribution >= 0.6 is 23.4 Å². The summed E-state index contributed by atoms with van der Waals surface area (Å²) in [6.45, 7) is 0. The van der Waals surface area contributed by atoms with Crippen LogP contribution in [0.2, 0.25) is 5.02 Å². The molecule has 1 aromatic carbocycles. The molecule has 1 aliphatic rings. The van der Waals surface area contributed by atoms with Crippen LogP contribution in [0.25, 0.3) is 0 Å². The molecule has 2 rings (SSSR count). The van der Waals surface area contributed by atoms with Gasteiger partial charge in [0.05, 0.1) is 16.5 Å². The monoisotopic (exact) mass is 298 g/mol. The topological polar surface area (TPSA) is 55.1 Å². The van der Waals surface area contributed by atoms with Crippen LogP contribution in [0, 0.1) is 0 Å². The second-order valence-corrected chi connectivity index (χ2v) is 6.55. The Balaban J connectivity index is 1.80. The predicted octanol–water partition coefficient (Wildman–Crippen LogP) is 3.93. The Morgan fingerprint density at radius 1 is 1.37 bits per heavy atom. The van der Waals surface area contributed by atoms with E-state index in [0.29, 0.717) is 27.4 Å². The number of hydrogen-bond donors (Lipinski definition) is 2. The van der Waals surface area contributed by atoms with Gasteiger partial charge in [0.2, 0.25) is 5.91 Å². The zero-order valence-electron chi connectivity index (χ0n) is 10.8. The lowest BCUT2D eigenvalue weighted by Crippen LogP contribution is -2.18. The lowest BCUT2D eigenvalue weighted by Gasteiger charge is -2.20. The van der Waals surface area contributed by atoms with Gasteiger partial charge in [-0.05, 0) is 31.0 Å². The molecule has 0 heterocycles. The molecule has 1 aromatic rings. The van der Waals surface area contributed by atoms with Crippen LogP contribution < -0.4 is 11.1 Å². The van der Waals surface area contributed by atoms with Gasteiger partial charge in [0.15, 0.2) is 0 Å². The first kappa shape index (κ1) is 14.5. The summed E-state index contributed by atoms with van der Waals surface area (Å²) in [5.41, 5.74) is 6.84. The molecule has 0 aliphatic heterocycles. The summed E-state index contributed by atoms with van der Waals surface area (Å²) >= 11 is 7.77.